The Labute approximate surface area is 111 Å². The van der Waals surface area contributed by atoms with E-state index in [2.05, 4.69) is 10.1 Å². The van der Waals surface area contributed by atoms with E-state index in [1.165, 1.54) is 7.11 Å². The Morgan fingerprint density at radius 3 is 2.50 bits per heavy atom. The summed E-state index contributed by atoms with van der Waals surface area (Å²) in [6.45, 7) is 3.67. The van der Waals surface area contributed by atoms with Crippen LogP contribution in [-0.4, -0.2) is 25.0 Å². The number of benzene rings is 1. The minimum Gasteiger partial charge on any atom is -0.467 e. The number of esters is 1. The summed E-state index contributed by atoms with van der Waals surface area (Å²) in [6, 6.07) is 5.88. The minimum absolute atomic E-state index is 0.0550. The van der Waals surface area contributed by atoms with Crippen LogP contribution in [0, 0.1) is 5.92 Å². The fourth-order valence-corrected chi connectivity index (χ4v) is 1.67. The van der Waals surface area contributed by atoms with E-state index in [1.54, 1.807) is 24.3 Å². The van der Waals surface area contributed by atoms with Gasteiger partial charge in [0.1, 0.15) is 6.04 Å². The highest BCUT2D eigenvalue weighted by molar-refractivity contribution is 6.30. The van der Waals surface area contributed by atoms with Crippen molar-refractivity contribution >= 4 is 23.5 Å². The Bertz CT molecular complexity index is 446. The molecule has 1 aromatic carbocycles. The maximum absolute atomic E-state index is 12.0. The van der Waals surface area contributed by atoms with Crippen LogP contribution in [0.4, 0.5) is 0 Å². The lowest BCUT2D eigenvalue weighted by Gasteiger charge is -2.19. The van der Waals surface area contributed by atoms with E-state index >= 15 is 0 Å². The van der Waals surface area contributed by atoms with Crippen LogP contribution in [0.5, 0.6) is 0 Å². The summed E-state index contributed by atoms with van der Waals surface area (Å²) >= 11 is 5.81. The maximum atomic E-state index is 12.0. The van der Waals surface area contributed by atoms with Gasteiger partial charge in [0.05, 0.1) is 7.11 Å². The molecular formula is C13H16ClNO3. The van der Waals surface area contributed by atoms with Gasteiger partial charge in [-0.3, -0.25) is 4.79 Å². The average Bonchev–Trinajstić information content (AvgIpc) is 2.34. The number of rotatable bonds is 4. The SMILES string of the molecule is COC(=O)C(NC(=O)c1cccc(Cl)c1)C(C)C. The fourth-order valence-electron chi connectivity index (χ4n) is 1.48. The van der Waals surface area contributed by atoms with Gasteiger partial charge in [0, 0.05) is 10.6 Å². The van der Waals surface area contributed by atoms with Gasteiger partial charge in [0.25, 0.3) is 5.91 Å². The minimum atomic E-state index is -0.665. The lowest BCUT2D eigenvalue weighted by atomic mass is 10.0. The van der Waals surface area contributed by atoms with Crippen LogP contribution < -0.4 is 5.32 Å². The van der Waals surface area contributed by atoms with Crippen molar-refractivity contribution in [3.8, 4) is 0 Å². The molecule has 0 fully saturated rings. The maximum Gasteiger partial charge on any atom is 0.328 e. The van der Waals surface area contributed by atoms with Crippen molar-refractivity contribution in [3.05, 3.63) is 34.9 Å². The van der Waals surface area contributed by atoms with Crippen LogP contribution in [0.3, 0.4) is 0 Å². The molecule has 0 aliphatic heterocycles. The second kappa shape index (κ2) is 6.40. The monoisotopic (exact) mass is 269 g/mol. The molecule has 4 nitrogen and oxygen atoms in total. The Morgan fingerprint density at radius 2 is 2.00 bits per heavy atom. The smallest absolute Gasteiger partial charge is 0.328 e. The molecule has 0 bridgehead atoms. The highest BCUT2D eigenvalue weighted by Crippen LogP contribution is 2.12. The molecule has 0 aliphatic carbocycles. The number of ether oxygens (including phenoxy) is 1. The number of methoxy groups -OCH3 is 1. The van der Waals surface area contributed by atoms with Crippen molar-refractivity contribution in [2.75, 3.05) is 7.11 Å². The number of halogens is 1. The van der Waals surface area contributed by atoms with Gasteiger partial charge in [0.15, 0.2) is 0 Å². The lowest BCUT2D eigenvalue weighted by Crippen LogP contribution is -2.45. The summed E-state index contributed by atoms with van der Waals surface area (Å²) < 4.78 is 4.65. The Kier molecular flexibility index (Phi) is 5.16. The number of hydrogen-bond acceptors (Lipinski definition) is 3. The van der Waals surface area contributed by atoms with Gasteiger partial charge in [0.2, 0.25) is 0 Å². The first-order valence-corrected chi connectivity index (χ1v) is 5.97. The van der Waals surface area contributed by atoms with Crippen molar-refractivity contribution < 1.29 is 14.3 Å². The van der Waals surface area contributed by atoms with Crippen molar-refractivity contribution in [3.63, 3.8) is 0 Å². The highest BCUT2D eigenvalue weighted by Gasteiger charge is 2.25. The molecule has 1 amide bonds. The largest absolute Gasteiger partial charge is 0.467 e. The van der Waals surface area contributed by atoms with E-state index in [0.29, 0.717) is 10.6 Å². The van der Waals surface area contributed by atoms with Crippen molar-refractivity contribution in [1.82, 2.24) is 5.32 Å². The molecule has 0 aromatic heterocycles. The van der Waals surface area contributed by atoms with Crippen LogP contribution in [0.25, 0.3) is 0 Å². The molecule has 0 spiro atoms. The Morgan fingerprint density at radius 1 is 1.33 bits per heavy atom. The van der Waals surface area contributed by atoms with Gasteiger partial charge in [-0.05, 0) is 24.1 Å². The van der Waals surface area contributed by atoms with Gasteiger partial charge < -0.3 is 10.1 Å². The molecule has 1 rings (SSSR count). The summed E-state index contributed by atoms with van der Waals surface area (Å²) in [5.74, 6) is -0.859. The summed E-state index contributed by atoms with van der Waals surface area (Å²) in [7, 11) is 1.29. The first-order valence-electron chi connectivity index (χ1n) is 5.60. The quantitative estimate of drug-likeness (QED) is 0.853. The van der Waals surface area contributed by atoms with Crippen LogP contribution in [-0.2, 0) is 9.53 Å². The van der Waals surface area contributed by atoms with E-state index < -0.39 is 12.0 Å². The number of carbonyl (C=O) groups excluding carboxylic acids is 2. The Balaban J connectivity index is 2.82. The molecule has 1 N–H and O–H groups in total. The van der Waals surface area contributed by atoms with E-state index in [1.807, 2.05) is 13.8 Å². The number of nitrogens with one attached hydrogen (secondary N) is 1. The molecule has 1 unspecified atom stereocenters. The van der Waals surface area contributed by atoms with Crippen molar-refractivity contribution in [2.45, 2.75) is 19.9 Å². The van der Waals surface area contributed by atoms with E-state index in [4.69, 9.17) is 11.6 Å². The highest BCUT2D eigenvalue weighted by atomic mass is 35.5. The summed E-state index contributed by atoms with van der Waals surface area (Å²) in [4.78, 5) is 23.5. The van der Waals surface area contributed by atoms with Crippen molar-refractivity contribution in [1.29, 1.82) is 0 Å². The third kappa shape index (κ3) is 3.74. The topological polar surface area (TPSA) is 55.4 Å². The van der Waals surface area contributed by atoms with Gasteiger partial charge in [-0.1, -0.05) is 31.5 Å². The standard InChI is InChI=1S/C13H16ClNO3/c1-8(2)11(13(17)18-3)15-12(16)9-5-4-6-10(14)7-9/h4-8,11H,1-3H3,(H,15,16). The van der Waals surface area contributed by atoms with Crippen LogP contribution in [0.2, 0.25) is 5.02 Å². The summed E-state index contributed by atoms with van der Waals surface area (Å²) in [6.07, 6.45) is 0. The summed E-state index contributed by atoms with van der Waals surface area (Å²) in [5, 5.41) is 3.11. The van der Waals surface area contributed by atoms with Gasteiger partial charge >= 0.3 is 5.97 Å². The van der Waals surface area contributed by atoms with E-state index in [9.17, 15) is 9.59 Å². The molecule has 0 aliphatic rings. The molecule has 1 aromatic rings. The molecular weight excluding hydrogens is 254 g/mol. The van der Waals surface area contributed by atoms with Gasteiger partial charge in [-0.2, -0.15) is 0 Å². The van der Waals surface area contributed by atoms with Crippen LogP contribution in [0.15, 0.2) is 24.3 Å². The zero-order valence-electron chi connectivity index (χ0n) is 10.6. The number of hydrogen-bond donors (Lipinski definition) is 1. The molecule has 5 heteroatoms. The zero-order valence-corrected chi connectivity index (χ0v) is 11.3. The van der Waals surface area contributed by atoms with Crippen LogP contribution >= 0.6 is 11.6 Å². The third-order valence-electron chi connectivity index (χ3n) is 2.50. The second-order valence-electron chi connectivity index (χ2n) is 4.23. The third-order valence-corrected chi connectivity index (χ3v) is 2.73. The molecule has 0 saturated heterocycles. The molecule has 0 heterocycles. The summed E-state index contributed by atoms with van der Waals surface area (Å²) in [5.41, 5.74) is 0.414. The van der Waals surface area contributed by atoms with Crippen molar-refractivity contribution in [2.24, 2.45) is 5.92 Å². The molecule has 1 atom stereocenters. The first kappa shape index (κ1) is 14.5. The predicted octanol–water partition coefficient (Wildman–Crippen LogP) is 2.27. The zero-order chi connectivity index (χ0) is 13.7. The van der Waals surface area contributed by atoms with E-state index in [0.717, 1.165) is 0 Å². The molecule has 0 saturated carbocycles. The number of carbonyl (C=O) groups is 2. The second-order valence-corrected chi connectivity index (χ2v) is 4.67. The molecule has 18 heavy (non-hydrogen) atoms. The Hall–Kier alpha value is -1.55. The predicted molar refractivity (Wildman–Crippen MR) is 69.6 cm³/mol. The fraction of sp³-hybridized carbons (Fsp3) is 0.385. The average molecular weight is 270 g/mol. The molecule has 98 valence electrons. The van der Waals surface area contributed by atoms with Crippen LogP contribution in [0.1, 0.15) is 24.2 Å². The normalized spacial score (nSPS) is 12.1. The van der Waals surface area contributed by atoms with Gasteiger partial charge in [-0.25, -0.2) is 4.79 Å². The number of amides is 1. The van der Waals surface area contributed by atoms with E-state index in [-0.39, 0.29) is 11.8 Å². The van der Waals surface area contributed by atoms with Gasteiger partial charge in [-0.15, -0.1) is 0 Å². The molecule has 0 radical (unpaired) electrons. The first-order chi connectivity index (χ1) is 8.45. The lowest BCUT2D eigenvalue weighted by molar-refractivity contribution is -0.144.